The van der Waals surface area contributed by atoms with Crippen LogP contribution in [-0.2, 0) is 13.1 Å². The van der Waals surface area contributed by atoms with Crippen LogP contribution in [0.15, 0.2) is 69.8 Å². The fraction of sp³-hybridized carbons (Fsp3) is 0.167. The number of thiazole rings is 2. The summed E-state index contributed by atoms with van der Waals surface area (Å²) in [6, 6.07) is 16.3. The first-order valence-corrected chi connectivity index (χ1v) is 13.1. The highest BCUT2D eigenvalue weighted by molar-refractivity contribution is 8.08. The number of nitrogens with zero attached hydrogens (tertiary/aromatic N) is 3. The molecule has 0 atom stereocenters. The molecule has 0 amide bonds. The van der Waals surface area contributed by atoms with Crippen LogP contribution >= 0.6 is 46.0 Å². The Labute approximate surface area is 215 Å². The second-order valence-electron chi connectivity index (χ2n) is 7.37. The Kier molecular flexibility index (Phi) is 7.36. The van der Waals surface area contributed by atoms with E-state index in [4.69, 9.17) is 11.6 Å². The smallest absolute Gasteiger partial charge is 0.271 e. The minimum atomic E-state index is 0. The molecule has 0 N–H and O–H groups in total. The first-order valence-electron chi connectivity index (χ1n) is 10.2. The number of halogens is 2. The van der Waals surface area contributed by atoms with Crippen molar-refractivity contribution in [3.8, 4) is 0 Å². The predicted octanol–water partition coefficient (Wildman–Crippen LogP) is 1.12. The summed E-state index contributed by atoms with van der Waals surface area (Å²) in [5.74, 6) is 0. The Morgan fingerprint density at radius 2 is 1.91 bits per heavy atom. The van der Waals surface area contributed by atoms with Crippen LogP contribution < -0.4 is 36.6 Å². The molecule has 0 fully saturated rings. The molecule has 0 radical (unpaired) electrons. The zero-order chi connectivity index (χ0) is 22.2. The van der Waals surface area contributed by atoms with Gasteiger partial charge in [0.25, 0.3) is 10.6 Å². The molecule has 2 aromatic heterocycles. The molecule has 170 valence electrons. The van der Waals surface area contributed by atoms with E-state index in [0.29, 0.717) is 11.6 Å². The first-order chi connectivity index (χ1) is 15.6. The van der Waals surface area contributed by atoms with E-state index in [9.17, 15) is 4.79 Å². The second-order valence-corrected chi connectivity index (χ2v) is 10.8. The number of hydrogen-bond donors (Lipinski definition) is 0. The van der Waals surface area contributed by atoms with Gasteiger partial charge in [-0.05, 0) is 19.1 Å². The lowest BCUT2D eigenvalue weighted by molar-refractivity contribution is -0.685. The standard InChI is InChI=1S/C24H21ClN3OS3.ClH/c1-3-28-20(14-19-27(12-13-30-19)15-16-8-5-4-6-9-16)32-22(23(28)29)24-26(2)21-17(25)10-7-11-18(21)31-24;/h4-14H,3,15H2,1-2H3;1H/q+1;/p-1/b24-22+;. The Balaban J connectivity index is 0.00000259. The third-order valence-corrected chi connectivity index (χ3v) is 9.00. The lowest BCUT2D eigenvalue weighted by atomic mass is 10.2. The number of thioether (sulfide) groups is 1. The van der Waals surface area contributed by atoms with E-state index >= 15 is 0 Å². The van der Waals surface area contributed by atoms with Crippen molar-refractivity contribution in [1.29, 1.82) is 0 Å². The van der Waals surface area contributed by atoms with Crippen LogP contribution in [0, 0.1) is 0 Å². The van der Waals surface area contributed by atoms with Gasteiger partial charge in [0, 0.05) is 24.1 Å². The molecule has 4 aromatic rings. The molecule has 33 heavy (non-hydrogen) atoms. The number of anilines is 1. The lowest BCUT2D eigenvalue weighted by Gasteiger charge is -2.13. The monoisotopic (exact) mass is 533 g/mol. The van der Waals surface area contributed by atoms with Gasteiger partial charge in [-0.2, -0.15) is 4.57 Å². The maximum Gasteiger partial charge on any atom is 0.271 e. The molecule has 5 rings (SSSR count). The van der Waals surface area contributed by atoms with Crippen LogP contribution in [0.25, 0.3) is 11.1 Å². The molecule has 0 aliphatic carbocycles. The Hall–Kier alpha value is -2.03. The van der Waals surface area contributed by atoms with Gasteiger partial charge in [0.2, 0.25) is 0 Å². The largest absolute Gasteiger partial charge is 1.00 e. The first kappa shape index (κ1) is 24.1. The number of aromatic nitrogens is 2. The molecule has 1 aliphatic rings. The maximum atomic E-state index is 13.3. The molecule has 0 saturated carbocycles. The molecule has 0 spiro atoms. The van der Waals surface area contributed by atoms with Crippen molar-refractivity contribution >= 4 is 62.8 Å². The van der Waals surface area contributed by atoms with Crippen molar-refractivity contribution in [3.63, 3.8) is 0 Å². The Morgan fingerprint density at radius 1 is 1.12 bits per heavy atom. The van der Waals surface area contributed by atoms with Crippen LogP contribution in [0.3, 0.4) is 0 Å². The molecule has 0 saturated heterocycles. The van der Waals surface area contributed by atoms with Crippen molar-refractivity contribution in [2.45, 2.75) is 24.9 Å². The van der Waals surface area contributed by atoms with E-state index in [-0.39, 0.29) is 18.0 Å². The number of hydrogen-bond acceptors (Lipinski definition) is 5. The topological polar surface area (TPSA) is 29.1 Å². The molecule has 2 aromatic carbocycles. The predicted molar refractivity (Wildman–Crippen MR) is 136 cm³/mol. The second kappa shape index (κ2) is 10.1. The van der Waals surface area contributed by atoms with Gasteiger partial charge < -0.3 is 17.3 Å². The van der Waals surface area contributed by atoms with Crippen LogP contribution in [0.4, 0.5) is 5.69 Å². The van der Waals surface area contributed by atoms with Gasteiger partial charge in [0.1, 0.15) is 14.2 Å². The average molecular weight is 535 g/mol. The van der Waals surface area contributed by atoms with E-state index in [0.717, 1.165) is 36.4 Å². The summed E-state index contributed by atoms with van der Waals surface area (Å²) in [4.78, 5) is 16.5. The molecule has 0 unspecified atom stereocenters. The summed E-state index contributed by atoms with van der Waals surface area (Å²) in [6.45, 7) is 3.44. The van der Waals surface area contributed by atoms with Crippen LogP contribution in [-0.4, -0.2) is 11.6 Å². The molecular formula is C24H21Cl2N3OS3. The third kappa shape index (κ3) is 4.53. The minimum absolute atomic E-state index is 0. The van der Waals surface area contributed by atoms with Crippen LogP contribution in [0.5, 0.6) is 0 Å². The third-order valence-electron chi connectivity index (χ3n) is 5.37. The van der Waals surface area contributed by atoms with Gasteiger partial charge in [-0.25, -0.2) is 0 Å². The SMILES string of the molecule is CCn1c(=O)/c(=C2\Sc3cccc(Cl)c3N2C)s/c1=C\c1scc[n+]1Cc1ccccc1.[Cl-]. The van der Waals surface area contributed by atoms with Crippen molar-refractivity contribution in [3.05, 3.63) is 95.3 Å². The zero-order valence-corrected chi connectivity index (χ0v) is 22.0. The molecule has 9 heteroatoms. The average Bonchev–Trinajstić information content (AvgIpc) is 3.46. The highest BCUT2D eigenvalue weighted by Gasteiger charge is 2.26. The van der Waals surface area contributed by atoms with Crippen molar-refractivity contribution in [1.82, 2.24) is 4.57 Å². The van der Waals surface area contributed by atoms with E-state index in [1.54, 1.807) is 34.4 Å². The Morgan fingerprint density at radius 3 is 2.64 bits per heavy atom. The van der Waals surface area contributed by atoms with Gasteiger partial charge >= 0.3 is 0 Å². The van der Waals surface area contributed by atoms with Gasteiger partial charge in [-0.15, -0.1) is 11.3 Å². The van der Waals surface area contributed by atoms with E-state index in [1.807, 2.05) is 47.7 Å². The van der Waals surface area contributed by atoms with Crippen molar-refractivity contribution < 1.29 is 17.0 Å². The fourth-order valence-corrected chi connectivity index (χ4v) is 7.49. The van der Waals surface area contributed by atoms with Gasteiger partial charge in [0.05, 0.1) is 22.2 Å². The Bertz CT molecular complexity index is 1470. The number of benzene rings is 2. The van der Waals surface area contributed by atoms with Crippen molar-refractivity contribution in [2.24, 2.45) is 0 Å². The summed E-state index contributed by atoms with van der Waals surface area (Å²) in [5, 5.41) is 4.85. The number of rotatable bonds is 4. The van der Waals surface area contributed by atoms with Gasteiger partial charge in [-0.3, -0.25) is 9.36 Å². The maximum absolute atomic E-state index is 13.3. The van der Waals surface area contributed by atoms with Gasteiger partial charge in [-0.1, -0.05) is 71.1 Å². The molecule has 4 nitrogen and oxygen atoms in total. The minimum Gasteiger partial charge on any atom is -1.00 e. The highest BCUT2D eigenvalue weighted by atomic mass is 35.5. The summed E-state index contributed by atoms with van der Waals surface area (Å²) in [7, 11) is 1.98. The summed E-state index contributed by atoms with van der Waals surface area (Å²) < 4.78 is 5.80. The summed E-state index contributed by atoms with van der Waals surface area (Å²) in [5.41, 5.74) is 2.27. The van der Waals surface area contributed by atoms with Gasteiger partial charge in [0.15, 0.2) is 12.7 Å². The number of fused-ring (bicyclic) bond motifs is 1. The molecule has 0 bridgehead atoms. The normalized spacial score (nSPS) is 15.0. The van der Waals surface area contributed by atoms with Crippen LogP contribution in [0.1, 0.15) is 17.5 Å². The van der Waals surface area contributed by atoms with E-state index < -0.39 is 0 Å². The van der Waals surface area contributed by atoms with E-state index in [1.165, 1.54) is 5.56 Å². The molecule has 1 aliphatic heterocycles. The van der Waals surface area contributed by atoms with E-state index in [2.05, 4.69) is 46.5 Å². The summed E-state index contributed by atoms with van der Waals surface area (Å²) in [6.07, 6.45) is 4.23. The molecular weight excluding hydrogens is 513 g/mol. The summed E-state index contributed by atoms with van der Waals surface area (Å²) >= 11 is 11.3. The molecule has 3 heterocycles. The van der Waals surface area contributed by atoms with Crippen molar-refractivity contribution in [2.75, 3.05) is 11.9 Å². The zero-order valence-electron chi connectivity index (χ0n) is 18.0. The fourth-order valence-electron chi connectivity index (χ4n) is 3.79. The van der Waals surface area contributed by atoms with Crippen LogP contribution in [0.2, 0.25) is 5.02 Å². The highest BCUT2D eigenvalue weighted by Crippen LogP contribution is 2.48. The lowest BCUT2D eigenvalue weighted by Crippen LogP contribution is -3.00. The quantitative estimate of drug-likeness (QED) is 0.368. The number of para-hydroxylation sites is 1.